The molecule has 0 N–H and O–H groups in total. The maximum absolute atomic E-state index is 12.7. The summed E-state index contributed by atoms with van der Waals surface area (Å²) in [6.07, 6.45) is -1.35. The van der Waals surface area contributed by atoms with E-state index >= 15 is 0 Å². The van der Waals surface area contributed by atoms with Crippen molar-refractivity contribution in [2.45, 2.75) is 11.7 Å². The van der Waals surface area contributed by atoms with Crippen molar-refractivity contribution in [1.82, 2.24) is 4.90 Å². The Morgan fingerprint density at radius 2 is 2.00 bits per heavy atom. The van der Waals surface area contributed by atoms with E-state index in [4.69, 9.17) is 11.6 Å². The minimum Gasteiger partial charge on any atom is -0.361 e. The van der Waals surface area contributed by atoms with Gasteiger partial charge in [0.2, 0.25) is 0 Å². The molecule has 1 nitrogen and oxygen atoms in total. The highest BCUT2D eigenvalue weighted by Gasteiger charge is 2.35. The average molecular weight is 248 g/mol. The predicted octanol–water partition coefficient (Wildman–Crippen LogP) is 3.86. The van der Waals surface area contributed by atoms with Crippen LogP contribution in [0.3, 0.4) is 0 Å². The number of alkyl halides is 4. The summed E-state index contributed by atoms with van der Waals surface area (Å²) in [5.74, 6) is 0. The van der Waals surface area contributed by atoms with Crippen LogP contribution < -0.4 is 0 Å². The molecular formula is C11H9ClF3N. The van der Waals surface area contributed by atoms with Crippen LogP contribution >= 0.6 is 11.6 Å². The van der Waals surface area contributed by atoms with Crippen molar-refractivity contribution < 1.29 is 13.2 Å². The van der Waals surface area contributed by atoms with Gasteiger partial charge in [-0.1, -0.05) is 23.7 Å². The Bertz CT molecular complexity index is 439. The average Bonchev–Trinajstić information content (AvgIpc) is 2.21. The minimum absolute atomic E-state index is 0.160. The summed E-state index contributed by atoms with van der Waals surface area (Å²) in [5.41, 5.74) is -0.545. The molecule has 0 amide bonds. The van der Waals surface area contributed by atoms with E-state index in [0.717, 1.165) is 6.07 Å². The Labute approximate surface area is 96.1 Å². The van der Waals surface area contributed by atoms with Crippen molar-refractivity contribution in [3.63, 3.8) is 0 Å². The number of hydrogen-bond donors (Lipinski definition) is 0. The van der Waals surface area contributed by atoms with E-state index in [-0.39, 0.29) is 5.56 Å². The van der Waals surface area contributed by atoms with Gasteiger partial charge in [-0.05, 0) is 23.3 Å². The molecule has 2 rings (SSSR count). The third-order valence-electron chi connectivity index (χ3n) is 2.54. The van der Waals surface area contributed by atoms with E-state index in [1.54, 1.807) is 24.2 Å². The van der Waals surface area contributed by atoms with Crippen LogP contribution in [0.4, 0.5) is 13.2 Å². The van der Waals surface area contributed by atoms with Gasteiger partial charge < -0.3 is 4.90 Å². The molecule has 86 valence electrons. The Hall–Kier alpha value is -1.16. The van der Waals surface area contributed by atoms with Crippen molar-refractivity contribution in [3.05, 3.63) is 41.1 Å². The zero-order valence-electron chi connectivity index (χ0n) is 8.42. The third kappa shape index (κ3) is 1.78. The van der Waals surface area contributed by atoms with Gasteiger partial charge in [-0.25, -0.2) is 0 Å². The number of hydrogen-bond acceptors (Lipinski definition) is 1. The molecule has 0 saturated heterocycles. The quantitative estimate of drug-likeness (QED) is 0.497. The highest BCUT2D eigenvalue weighted by Crippen LogP contribution is 2.39. The van der Waals surface area contributed by atoms with Crippen LogP contribution in [0.15, 0.2) is 24.4 Å². The first-order valence-corrected chi connectivity index (χ1v) is 5.09. The van der Waals surface area contributed by atoms with Crippen LogP contribution in [0.25, 0.3) is 6.08 Å². The van der Waals surface area contributed by atoms with Crippen molar-refractivity contribution in [1.29, 1.82) is 0 Å². The van der Waals surface area contributed by atoms with Gasteiger partial charge in [0.15, 0.2) is 0 Å². The van der Waals surface area contributed by atoms with Gasteiger partial charge in [-0.2, -0.15) is 13.2 Å². The Balaban J connectivity index is 2.60. The molecule has 0 saturated carbocycles. The molecule has 5 heteroatoms. The molecule has 1 aromatic carbocycles. The molecule has 16 heavy (non-hydrogen) atoms. The smallest absolute Gasteiger partial charge is 0.361 e. The largest absolute Gasteiger partial charge is 0.416 e. The van der Waals surface area contributed by atoms with Crippen LogP contribution in [0.2, 0.25) is 0 Å². The Morgan fingerprint density at radius 1 is 1.31 bits per heavy atom. The summed E-state index contributed by atoms with van der Waals surface area (Å²) in [5, 5.41) is 0. The van der Waals surface area contributed by atoms with Gasteiger partial charge in [-0.15, -0.1) is 0 Å². The molecule has 0 aromatic heterocycles. The molecule has 0 spiro atoms. The van der Waals surface area contributed by atoms with Gasteiger partial charge >= 0.3 is 6.18 Å². The van der Waals surface area contributed by atoms with Crippen LogP contribution in [0.5, 0.6) is 0 Å². The molecule has 0 fully saturated rings. The normalized spacial score (nSPS) is 19.8. The number of nitrogens with zero attached hydrogens (tertiary/aromatic N) is 1. The van der Waals surface area contributed by atoms with E-state index in [9.17, 15) is 13.2 Å². The first kappa shape index (κ1) is 11.3. The monoisotopic (exact) mass is 247 g/mol. The second-order valence-electron chi connectivity index (χ2n) is 3.62. The molecule has 1 heterocycles. The van der Waals surface area contributed by atoms with Gasteiger partial charge in [0, 0.05) is 13.2 Å². The molecule has 0 bridgehead atoms. The molecule has 0 radical (unpaired) electrons. The first-order chi connectivity index (χ1) is 7.41. The lowest BCUT2D eigenvalue weighted by molar-refractivity contribution is -0.137. The lowest BCUT2D eigenvalue weighted by Gasteiger charge is -2.28. The van der Waals surface area contributed by atoms with Gasteiger partial charge in [0.25, 0.3) is 0 Å². The highest BCUT2D eigenvalue weighted by atomic mass is 35.5. The third-order valence-corrected chi connectivity index (χ3v) is 3.08. The molecule has 1 aromatic rings. The summed E-state index contributed by atoms with van der Waals surface area (Å²) in [4.78, 5) is 1.66. The molecule has 1 aliphatic rings. The van der Waals surface area contributed by atoms with E-state index in [1.807, 2.05) is 0 Å². The van der Waals surface area contributed by atoms with Crippen LogP contribution in [0.1, 0.15) is 22.2 Å². The van der Waals surface area contributed by atoms with Gasteiger partial charge in [0.1, 0.15) is 5.50 Å². The summed E-state index contributed by atoms with van der Waals surface area (Å²) in [7, 11) is 1.72. The lowest BCUT2D eigenvalue weighted by atomic mass is 9.98. The molecule has 1 unspecified atom stereocenters. The van der Waals surface area contributed by atoms with E-state index in [0.29, 0.717) is 5.56 Å². The van der Waals surface area contributed by atoms with Crippen molar-refractivity contribution in [2.24, 2.45) is 0 Å². The topological polar surface area (TPSA) is 3.24 Å². The van der Waals surface area contributed by atoms with E-state index < -0.39 is 17.2 Å². The van der Waals surface area contributed by atoms with Crippen molar-refractivity contribution in [2.75, 3.05) is 7.05 Å². The SMILES string of the molecule is CN1C=Cc2c(cccc2C(F)(F)F)C1Cl. The number of fused-ring (bicyclic) bond motifs is 1. The maximum atomic E-state index is 12.7. The fourth-order valence-electron chi connectivity index (χ4n) is 1.71. The summed E-state index contributed by atoms with van der Waals surface area (Å²) in [6.45, 7) is 0. The fraction of sp³-hybridized carbons (Fsp3) is 0.273. The van der Waals surface area contributed by atoms with Crippen LogP contribution in [0, 0.1) is 0 Å². The van der Waals surface area contributed by atoms with Gasteiger partial charge in [-0.3, -0.25) is 0 Å². The molecule has 0 aliphatic carbocycles. The second-order valence-corrected chi connectivity index (χ2v) is 4.04. The van der Waals surface area contributed by atoms with Crippen LogP contribution in [-0.2, 0) is 6.18 Å². The number of halogens is 4. The zero-order valence-corrected chi connectivity index (χ0v) is 9.18. The van der Waals surface area contributed by atoms with E-state index in [1.165, 1.54) is 12.1 Å². The lowest BCUT2D eigenvalue weighted by Crippen LogP contribution is -2.20. The maximum Gasteiger partial charge on any atom is 0.416 e. The Morgan fingerprint density at radius 3 is 2.62 bits per heavy atom. The first-order valence-electron chi connectivity index (χ1n) is 4.65. The summed E-state index contributed by atoms with van der Waals surface area (Å²) < 4.78 is 38.1. The van der Waals surface area contributed by atoms with Crippen molar-refractivity contribution in [3.8, 4) is 0 Å². The summed E-state index contributed by atoms with van der Waals surface area (Å²) in [6, 6.07) is 4.06. The van der Waals surface area contributed by atoms with E-state index in [2.05, 4.69) is 0 Å². The number of rotatable bonds is 0. The minimum atomic E-state index is -4.35. The predicted molar refractivity (Wildman–Crippen MR) is 56.8 cm³/mol. The Kier molecular flexibility index (Phi) is 2.62. The molecular weight excluding hydrogens is 239 g/mol. The van der Waals surface area contributed by atoms with Crippen LogP contribution in [-0.4, -0.2) is 11.9 Å². The van der Waals surface area contributed by atoms with Gasteiger partial charge in [0.05, 0.1) is 5.56 Å². The second kappa shape index (κ2) is 3.70. The highest BCUT2D eigenvalue weighted by molar-refractivity contribution is 6.21. The standard InChI is InChI=1S/C11H9ClF3N/c1-16-6-5-7-8(10(16)12)3-2-4-9(7)11(13,14)15/h2-6,10H,1H3. The zero-order chi connectivity index (χ0) is 11.9. The molecule has 1 aliphatic heterocycles. The number of benzene rings is 1. The summed E-state index contributed by atoms with van der Waals surface area (Å²) >= 11 is 6.03. The molecule has 1 atom stereocenters. The van der Waals surface area contributed by atoms with Crippen molar-refractivity contribution >= 4 is 17.7 Å². The fourth-order valence-corrected chi connectivity index (χ4v) is 1.97.